The van der Waals surface area contributed by atoms with E-state index in [-0.39, 0.29) is 35.3 Å². The molecule has 35 heavy (non-hydrogen) atoms. The third-order valence-corrected chi connectivity index (χ3v) is 4.80. The van der Waals surface area contributed by atoms with Crippen molar-refractivity contribution in [1.29, 1.82) is 0 Å². The Morgan fingerprint density at radius 2 is 1.89 bits per heavy atom. The van der Waals surface area contributed by atoms with Crippen LogP contribution >= 0.6 is 0 Å². The number of benzene rings is 3. The molecule has 4 rings (SSSR count). The minimum absolute atomic E-state index is 0.0129. The van der Waals surface area contributed by atoms with Crippen LogP contribution < -0.4 is 14.8 Å². The van der Waals surface area contributed by atoms with E-state index in [4.69, 9.17) is 9.47 Å². The van der Waals surface area contributed by atoms with Crippen LogP contribution in [0, 0.1) is 28.7 Å². The Hall–Kier alpha value is -4.80. The van der Waals surface area contributed by atoms with Gasteiger partial charge in [0.05, 0.1) is 16.7 Å². The van der Waals surface area contributed by atoms with Gasteiger partial charge in [-0.15, -0.1) is 0 Å². The summed E-state index contributed by atoms with van der Waals surface area (Å²) in [4.78, 5) is 23.4. The molecular formula is C24H18F2N4O5. The lowest BCUT2D eigenvalue weighted by atomic mass is 10.2. The van der Waals surface area contributed by atoms with Crippen LogP contribution in [0.5, 0.6) is 17.2 Å². The van der Waals surface area contributed by atoms with Gasteiger partial charge in [-0.05, 0) is 36.8 Å². The van der Waals surface area contributed by atoms with Crippen molar-refractivity contribution < 1.29 is 28.0 Å². The number of amides is 1. The zero-order valence-corrected chi connectivity index (χ0v) is 18.3. The third-order valence-electron chi connectivity index (χ3n) is 4.80. The molecule has 178 valence electrons. The Kier molecular flexibility index (Phi) is 6.67. The third kappa shape index (κ3) is 5.77. The monoisotopic (exact) mass is 480 g/mol. The molecule has 0 fully saturated rings. The summed E-state index contributed by atoms with van der Waals surface area (Å²) in [7, 11) is 0. The van der Waals surface area contributed by atoms with Gasteiger partial charge in [-0.2, -0.15) is 5.10 Å². The number of anilines is 1. The molecule has 0 unspecified atom stereocenters. The van der Waals surface area contributed by atoms with Gasteiger partial charge in [0.25, 0.3) is 11.6 Å². The number of hydrogen-bond donors (Lipinski definition) is 1. The maximum atomic E-state index is 13.7. The van der Waals surface area contributed by atoms with Crippen LogP contribution in [-0.2, 0) is 6.73 Å². The second-order valence-corrected chi connectivity index (χ2v) is 7.38. The Balaban J connectivity index is 1.47. The Morgan fingerprint density at radius 1 is 1.09 bits per heavy atom. The van der Waals surface area contributed by atoms with Crippen molar-refractivity contribution in [2.75, 3.05) is 5.32 Å². The van der Waals surface area contributed by atoms with E-state index in [1.54, 1.807) is 12.1 Å². The number of nitrogens with zero attached hydrogens (tertiary/aromatic N) is 3. The number of para-hydroxylation sites is 1. The molecule has 1 N–H and O–H groups in total. The van der Waals surface area contributed by atoms with Crippen molar-refractivity contribution in [3.8, 4) is 17.2 Å². The van der Waals surface area contributed by atoms with Gasteiger partial charge < -0.3 is 14.8 Å². The van der Waals surface area contributed by atoms with Crippen LogP contribution in [0.25, 0.3) is 0 Å². The van der Waals surface area contributed by atoms with E-state index < -0.39 is 22.5 Å². The van der Waals surface area contributed by atoms with Gasteiger partial charge in [0.2, 0.25) is 0 Å². The smallest absolute Gasteiger partial charge is 0.276 e. The number of aryl methyl sites for hydroxylation is 1. The van der Waals surface area contributed by atoms with Crippen LogP contribution in [-0.4, -0.2) is 20.6 Å². The summed E-state index contributed by atoms with van der Waals surface area (Å²) in [5.74, 6) is -1.73. The summed E-state index contributed by atoms with van der Waals surface area (Å²) < 4.78 is 39.0. The highest BCUT2D eigenvalue weighted by Crippen LogP contribution is 2.31. The second-order valence-electron chi connectivity index (χ2n) is 7.38. The number of nitrogens with one attached hydrogen (secondary N) is 1. The molecule has 0 bridgehead atoms. The lowest BCUT2D eigenvalue weighted by Gasteiger charge is -2.10. The van der Waals surface area contributed by atoms with Crippen molar-refractivity contribution in [2.24, 2.45) is 0 Å². The molecule has 9 nitrogen and oxygen atoms in total. The van der Waals surface area contributed by atoms with E-state index in [0.717, 1.165) is 17.7 Å². The minimum atomic E-state index is -0.871. The molecule has 0 aliphatic carbocycles. The number of hydrogen-bond acceptors (Lipinski definition) is 6. The van der Waals surface area contributed by atoms with Crippen molar-refractivity contribution in [2.45, 2.75) is 13.7 Å². The summed E-state index contributed by atoms with van der Waals surface area (Å²) in [5.41, 5.74) is 0.678. The maximum absolute atomic E-state index is 13.7. The molecule has 1 aromatic heterocycles. The van der Waals surface area contributed by atoms with Crippen LogP contribution in [0.15, 0.2) is 72.9 Å². The Bertz CT molecular complexity index is 1410. The predicted molar refractivity (Wildman–Crippen MR) is 122 cm³/mol. The molecule has 0 spiro atoms. The molecule has 0 saturated heterocycles. The average molecular weight is 480 g/mol. The molecule has 0 atom stereocenters. The molecule has 0 aliphatic heterocycles. The highest BCUT2D eigenvalue weighted by Gasteiger charge is 2.16. The summed E-state index contributed by atoms with van der Waals surface area (Å²) in [6.07, 6.45) is 1.43. The zero-order chi connectivity index (χ0) is 24.9. The van der Waals surface area contributed by atoms with E-state index >= 15 is 0 Å². The highest BCUT2D eigenvalue weighted by atomic mass is 19.1. The van der Waals surface area contributed by atoms with E-state index in [0.29, 0.717) is 11.8 Å². The Labute approximate surface area is 197 Å². The number of ether oxygens (including phenoxy) is 2. The van der Waals surface area contributed by atoms with Crippen molar-refractivity contribution >= 4 is 17.3 Å². The standard InChI is InChI=1S/C24H18F2N4O5/c1-15-4-2-3-5-22(15)35-19-12-17(11-18(13-19)30(32)33)27-24(31)21-8-9-29(28-21)14-34-23-7-6-16(25)10-20(23)26/h2-13H,14H2,1H3,(H,27,31). The molecular weight excluding hydrogens is 462 g/mol. The van der Waals surface area contributed by atoms with Gasteiger partial charge in [-0.3, -0.25) is 14.9 Å². The minimum Gasteiger partial charge on any atom is -0.468 e. The number of rotatable bonds is 8. The normalized spacial score (nSPS) is 10.6. The average Bonchev–Trinajstić information content (AvgIpc) is 3.29. The first-order valence-corrected chi connectivity index (χ1v) is 10.2. The second kappa shape index (κ2) is 10.00. The molecule has 0 saturated carbocycles. The maximum Gasteiger partial charge on any atom is 0.276 e. The largest absolute Gasteiger partial charge is 0.468 e. The first-order chi connectivity index (χ1) is 16.8. The van der Waals surface area contributed by atoms with Gasteiger partial charge in [0.15, 0.2) is 24.0 Å². The van der Waals surface area contributed by atoms with Gasteiger partial charge in [0.1, 0.15) is 17.3 Å². The molecule has 1 amide bonds. The highest BCUT2D eigenvalue weighted by molar-refractivity contribution is 6.03. The summed E-state index contributed by atoms with van der Waals surface area (Å²) >= 11 is 0. The van der Waals surface area contributed by atoms with Crippen molar-refractivity contribution in [3.05, 3.63) is 106 Å². The number of nitro benzene ring substituents is 1. The molecule has 4 aromatic rings. The molecule has 1 heterocycles. The van der Waals surface area contributed by atoms with Crippen LogP contribution in [0.3, 0.4) is 0 Å². The van der Waals surface area contributed by atoms with E-state index in [2.05, 4.69) is 10.4 Å². The van der Waals surface area contributed by atoms with Crippen molar-refractivity contribution in [3.63, 3.8) is 0 Å². The Morgan fingerprint density at radius 3 is 2.63 bits per heavy atom. The van der Waals surface area contributed by atoms with E-state index in [9.17, 15) is 23.7 Å². The quantitative estimate of drug-likeness (QED) is 0.265. The fourth-order valence-corrected chi connectivity index (χ4v) is 3.10. The van der Waals surface area contributed by atoms with E-state index in [1.165, 1.54) is 35.1 Å². The van der Waals surface area contributed by atoms with Crippen LogP contribution in [0.1, 0.15) is 16.1 Å². The molecule has 11 heteroatoms. The number of aromatic nitrogens is 2. The fourth-order valence-electron chi connectivity index (χ4n) is 3.10. The lowest BCUT2D eigenvalue weighted by Crippen LogP contribution is -2.14. The molecule has 0 radical (unpaired) electrons. The number of carbonyl (C=O) groups is 1. The summed E-state index contributed by atoms with van der Waals surface area (Å²) in [5, 5.41) is 18.0. The topological polar surface area (TPSA) is 109 Å². The SMILES string of the molecule is Cc1ccccc1Oc1cc(NC(=O)c2ccn(COc3ccc(F)cc3F)n2)cc([N+](=O)[O-])c1. The van der Waals surface area contributed by atoms with Gasteiger partial charge >= 0.3 is 0 Å². The summed E-state index contributed by atoms with van der Waals surface area (Å²) in [6.45, 7) is 1.60. The zero-order valence-electron chi connectivity index (χ0n) is 18.3. The fraction of sp³-hybridized carbons (Fsp3) is 0.0833. The first kappa shape index (κ1) is 23.4. The molecule has 0 aliphatic rings. The number of halogens is 2. The number of non-ortho nitro benzene ring substituents is 1. The van der Waals surface area contributed by atoms with Gasteiger partial charge in [0, 0.05) is 24.4 Å². The van der Waals surface area contributed by atoms with Crippen LogP contribution in [0.2, 0.25) is 0 Å². The van der Waals surface area contributed by atoms with E-state index in [1.807, 2.05) is 19.1 Å². The van der Waals surface area contributed by atoms with Gasteiger partial charge in [-0.1, -0.05) is 18.2 Å². The molecule has 3 aromatic carbocycles. The van der Waals surface area contributed by atoms with Crippen molar-refractivity contribution in [1.82, 2.24) is 9.78 Å². The van der Waals surface area contributed by atoms with Crippen LogP contribution in [0.4, 0.5) is 20.2 Å². The van der Waals surface area contributed by atoms with Gasteiger partial charge in [-0.25, -0.2) is 13.5 Å². The number of carbonyl (C=O) groups excluding carboxylic acids is 1. The summed E-state index contributed by atoms with van der Waals surface area (Å²) in [6, 6.07) is 15.3. The predicted octanol–water partition coefficient (Wildman–Crippen LogP) is 5.46. The number of nitro groups is 1. The first-order valence-electron chi connectivity index (χ1n) is 10.2. The lowest BCUT2D eigenvalue weighted by molar-refractivity contribution is -0.384.